The van der Waals surface area contributed by atoms with Crippen molar-refractivity contribution in [2.45, 2.75) is 33.6 Å². The molecule has 29 heavy (non-hydrogen) atoms. The summed E-state index contributed by atoms with van der Waals surface area (Å²) in [5.41, 5.74) is 5.37. The number of amides is 1. The second-order valence-electron chi connectivity index (χ2n) is 6.90. The molecule has 6 heteroatoms. The fraction of sp³-hybridized carbons (Fsp3) is 0.304. The van der Waals surface area contributed by atoms with Gasteiger partial charge >= 0.3 is 0 Å². The van der Waals surface area contributed by atoms with Crippen molar-refractivity contribution in [2.24, 2.45) is 0 Å². The maximum absolute atomic E-state index is 12.1. The van der Waals surface area contributed by atoms with E-state index in [1.54, 1.807) is 20.4 Å². The van der Waals surface area contributed by atoms with Crippen LogP contribution in [0.25, 0.3) is 22.5 Å². The Morgan fingerprint density at radius 2 is 1.83 bits per heavy atom. The smallest absolute Gasteiger partial charge is 0.224 e. The first-order valence-electron chi connectivity index (χ1n) is 9.57. The maximum atomic E-state index is 12.1. The molecular formula is C23H26N2O4. The summed E-state index contributed by atoms with van der Waals surface area (Å²) < 4.78 is 16.5. The largest absolute Gasteiger partial charge is 0.496 e. The maximum Gasteiger partial charge on any atom is 0.224 e. The number of ether oxygens (including phenoxy) is 2. The molecule has 0 unspecified atom stereocenters. The van der Waals surface area contributed by atoms with Crippen molar-refractivity contribution in [1.29, 1.82) is 0 Å². The van der Waals surface area contributed by atoms with E-state index in [1.807, 2.05) is 45.0 Å². The van der Waals surface area contributed by atoms with Crippen LogP contribution in [0.4, 0.5) is 5.69 Å². The predicted molar refractivity (Wildman–Crippen MR) is 113 cm³/mol. The number of carbonyl (C=O) groups excluding carboxylic acids is 1. The van der Waals surface area contributed by atoms with Crippen LogP contribution in [0.2, 0.25) is 0 Å². The van der Waals surface area contributed by atoms with Gasteiger partial charge in [-0.1, -0.05) is 18.1 Å². The number of nitrogens with one attached hydrogen (secondary N) is 1. The Bertz CT molecular complexity index is 1020. The summed E-state index contributed by atoms with van der Waals surface area (Å²) in [6, 6.07) is 9.62. The van der Waals surface area contributed by atoms with Crippen LogP contribution in [0.3, 0.4) is 0 Å². The highest BCUT2D eigenvalue weighted by Crippen LogP contribution is 2.38. The molecule has 0 saturated carbocycles. The van der Waals surface area contributed by atoms with Gasteiger partial charge in [-0.25, -0.2) is 0 Å². The topological polar surface area (TPSA) is 73.6 Å². The van der Waals surface area contributed by atoms with E-state index in [0.29, 0.717) is 23.6 Å². The van der Waals surface area contributed by atoms with Crippen molar-refractivity contribution in [3.8, 4) is 33.9 Å². The number of hydrogen-bond donors (Lipinski definition) is 1. The zero-order valence-electron chi connectivity index (χ0n) is 17.5. The average molecular weight is 394 g/mol. The third-order valence-corrected chi connectivity index (χ3v) is 4.93. The molecule has 6 nitrogen and oxygen atoms in total. The van der Waals surface area contributed by atoms with Gasteiger partial charge in [-0.2, -0.15) is 0 Å². The fourth-order valence-electron chi connectivity index (χ4n) is 3.24. The molecule has 0 atom stereocenters. The lowest BCUT2D eigenvalue weighted by atomic mass is 9.98. The highest BCUT2D eigenvalue weighted by molar-refractivity contribution is 5.94. The second kappa shape index (κ2) is 8.82. The number of aromatic nitrogens is 1. The molecule has 3 rings (SSSR count). The highest BCUT2D eigenvalue weighted by atomic mass is 16.5. The number of rotatable bonds is 7. The molecule has 0 bridgehead atoms. The third kappa shape index (κ3) is 4.26. The van der Waals surface area contributed by atoms with Crippen molar-refractivity contribution in [3.05, 3.63) is 47.7 Å². The van der Waals surface area contributed by atoms with E-state index < -0.39 is 0 Å². The highest BCUT2D eigenvalue weighted by Gasteiger charge is 2.17. The van der Waals surface area contributed by atoms with Gasteiger partial charge in [0.1, 0.15) is 11.5 Å². The molecule has 0 aliphatic carbocycles. The van der Waals surface area contributed by atoms with Gasteiger partial charge in [-0.05, 0) is 61.2 Å². The Balaban J connectivity index is 2.05. The Morgan fingerprint density at radius 1 is 1.07 bits per heavy atom. The quantitative estimate of drug-likeness (QED) is 0.582. The summed E-state index contributed by atoms with van der Waals surface area (Å²) in [5.74, 6) is 1.99. The molecule has 152 valence electrons. The van der Waals surface area contributed by atoms with Gasteiger partial charge in [0.2, 0.25) is 5.91 Å². The Labute approximate surface area is 170 Å². The number of aryl methyl sites for hydroxylation is 1. The standard InChI is InChI=1S/C23H26N2O4/c1-6-7-22(26)25-19-11-16(8-9-20(19)27-4)18-13-24-29-23(18)17-10-14(2)15(3)21(12-17)28-5/h8-13H,6-7H2,1-5H3,(H,25,26). The number of methoxy groups -OCH3 is 2. The molecule has 1 heterocycles. The molecule has 1 aromatic heterocycles. The van der Waals surface area contributed by atoms with Gasteiger partial charge in [0.15, 0.2) is 5.76 Å². The van der Waals surface area contributed by atoms with Gasteiger partial charge in [0, 0.05) is 17.5 Å². The van der Waals surface area contributed by atoms with Crippen LogP contribution in [0.15, 0.2) is 41.1 Å². The van der Waals surface area contributed by atoms with Gasteiger partial charge in [0.25, 0.3) is 0 Å². The summed E-state index contributed by atoms with van der Waals surface area (Å²) in [5, 5.41) is 6.93. The van der Waals surface area contributed by atoms with Gasteiger partial charge in [-0.15, -0.1) is 0 Å². The van der Waals surface area contributed by atoms with Crippen LogP contribution in [0, 0.1) is 13.8 Å². The lowest BCUT2D eigenvalue weighted by molar-refractivity contribution is -0.116. The van der Waals surface area contributed by atoms with E-state index in [9.17, 15) is 4.79 Å². The molecule has 0 spiro atoms. The number of carbonyl (C=O) groups is 1. The minimum Gasteiger partial charge on any atom is -0.496 e. The van der Waals surface area contributed by atoms with Crippen LogP contribution in [0.5, 0.6) is 11.5 Å². The van der Waals surface area contributed by atoms with Crippen LogP contribution in [-0.4, -0.2) is 25.3 Å². The average Bonchev–Trinajstić information content (AvgIpc) is 3.20. The van der Waals surface area contributed by atoms with Crippen molar-refractivity contribution in [3.63, 3.8) is 0 Å². The van der Waals surface area contributed by atoms with Crippen molar-refractivity contribution >= 4 is 11.6 Å². The van der Waals surface area contributed by atoms with Crippen molar-refractivity contribution < 1.29 is 18.8 Å². The molecule has 0 aliphatic rings. The minimum atomic E-state index is -0.0487. The van der Waals surface area contributed by atoms with E-state index >= 15 is 0 Å². The molecule has 0 aliphatic heterocycles. The zero-order chi connectivity index (χ0) is 21.0. The zero-order valence-corrected chi connectivity index (χ0v) is 17.5. The van der Waals surface area contributed by atoms with Gasteiger partial charge < -0.3 is 19.3 Å². The summed E-state index contributed by atoms with van der Waals surface area (Å²) in [4.78, 5) is 12.1. The first-order valence-corrected chi connectivity index (χ1v) is 9.57. The summed E-state index contributed by atoms with van der Waals surface area (Å²) in [6.45, 7) is 6.02. The molecular weight excluding hydrogens is 368 g/mol. The van der Waals surface area contributed by atoms with Gasteiger partial charge in [0.05, 0.1) is 26.1 Å². The molecule has 2 aromatic carbocycles. The molecule has 0 radical (unpaired) electrons. The number of benzene rings is 2. The van der Waals surface area contributed by atoms with Crippen LogP contribution in [0.1, 0.15) is 30.9 Å². The SMILES string of the molecule is CCCC(=O)Nc1cc(-c2cnoc2-c2cc(C)c(C)c(OC)c2)ccc1OC. The molecule has 1 amide bonds. The van der Waals surface area contributed by atoms with E-state index in [4.69, 9.17) is 14.0 Å². The Kier molecular flexibility index (Phi) is 6.22. The Hall–Kier alpha value is -3.28. The first-order chi connectivity index (χ1) is 14.0. The first kappa shape index (κ1) is 20.5. The lowest BCUT2D eigenvalue weighted by Crippen LogP contribution is -2.11. The van der Waals surface area contributed by atoms with Crippen LogP contribution in [-0.2, 0) is 4.79 Å². The number of nitrogens with zero attached hydrogens (tertiary/aromatic N) is 1. The third-order valence-electron chi connectivity index (χ3n) is 4.93. The van der Waals surface area contributed by atoms with E-state index in [2.05, 4.69) is 16.5 Å². The van der Waals surface area contributed by atoms with E-state index in [1.165, 1.54) is 0 Å². The Morgan fingerprint density at radius 3 is 2.52 bits per heavy atom. The molecule has 0 fully saturated rings. The lowest BCUT2D eigenvalue weighted by Gasteiger charge is -2.13. The number of anilines is 1. The summed E-state index contributed by atoms with van der Waals surface area (Å²) in [7, 11) is 3.23. The predicted octanol–water partition coefficient (Wildman–Crippen LogP) is 5.38. The van der Waals surface area contributed by atoms with Crippen molar-refractivity contribution in [1.82, 2.24) is 5.16 Å². The summed E-state index contributed by atoms with van der Waals surface area (Å²) in [6.07, 6.45) is 2.91. The molecule has 0 saturated heterocycles. The van der Waals surface area contributed by atoms with Gasteiger partial charge in [-0.3, -0.25) is 4.79 Å². The van der Waals surface area contributed by atoms with E-state index in [0.717, 1.165) is 40.0 Å². The van der Waals surface area contributed by atoms with Crippen LogP contribution >= 0.6 is 0 Å². The normalized spacial score (nSPS) is 10.7. The summed E-state index contributed by atoms with van der Waals surface area (Å²) >= 11 is 0. The molecule has 1 N–H and O–H groups in total. The second-order valence-corrected chi connectivity index (χ2v) is 6.90. The van der Waals surface area contributed by atoms with Crippen LogP contribution < -0.4 is 14.8 Å². The minimum absolute atomic E-state index is 0.0487. The van der Waals surface area contributed by atoms with E-state index in [-0.39, 0.29) is 5.91 Å². The number of hydrogen-bond acceptors (Lipinski definition) is 5. The van der Waals surface area contributed by atoms with Crippen molar-refractivity contribution in [2.75, 3.05) is 19.5 Å². The monoisotopic (exact) mass is 394 g/mol. The molecule has 3 aromatic rings. The fourth-order valence-corrected chi connectivity index (χ4v) is 3.24.